The molecule has 0 heterocycles. The quantitative estimate of drug-likeness (QED) is 0.0684. The molecule has 1 amide bonds. The van der Waals surface area contributed by atoms with Crippen molar-refractivity contribution in [3.8, 4) is 12.3 Å². The first-order valence-corrected chi connectivity index (χ1v) is 15.4. The molecule has 45 heavy (non-hydrogen) atoms. The molecule has 0 saturated carbocycles. The number of nitrogens with one attached hydrogen (secondary N) is 1. The van der Waals surface area contributed by atoms with Crippen LogP contribution in [0.1, 0.15) is 19.3 Å². The standard InChI is InChI=1S/C30H55NO14/c1-2-7-35-9-11-37-13-15-39-17-19-41-21-23-43-25-27-45-28-26-44-24-22-42-20-18-40-16-14-38-12-10-36-8-3-6-31-29(32)4-5-30(33)34/h1H,3-28H2,(H,31,32)(H,33,34). The van der Waals surface area contributed by atoms with Gasteiger partial charge in [0.25, 0.3) is 0 Å². The number of rotatable bonds is 38. The van der Waals surface area contributed by atoms with Gasteiger partial charge in [0.05, 0.1) is 139 Å². The van der Waals surface area contributed by atoms with Crippen LogP contribution in [0.2, 0.25) is 0 Å². The maximum atomic E-state index is 11.4. The lowest BCUT2D eigenvalue weighted by Crippen LogP contribution is -2.25. The summed E-state index contributed by atoms with van der Waals surface area (Å²) in [5.41, 5.74) is 0. The van der Waals surface area contributed by atoms with Gasteiger partial charge in [0.1, 0.15) is 6.61 Å². The van der Waals surface area contributed by atoms with Gasteiger partial charge in [0.2, 0.25) is 5.91 Å². The van der Waals surface area contributed by atoms with Crippen LogP contribution in [0.4, 0.5) is 0 Å². The second-order valence-electron chi connectivity index (χ2n) is 8.98. The zero-order valence-corrected chi connectivity index (χ0v) is 26.7. The van der Waals surface area contributed by atoms with Gasteiger partial charge in [-0.05, 0) is 6.42 Å². The number of carboxylic acids is 1. The molecule has 0 saturated heterocycles. The maximum Gasteiger partial charge on any atom is 0.303 e. The minimum atomic E-state index is -0.984. The van der Waals surface area contributed by atoms with Gasteiger partial charge in [0.15, 0.2) is 0 Å². The lowest BCUT2D eigenvalue weighted by molar-refractivity contribution is -0.138. The van der Waals surface area contributed by atoms with Crippen molar-refractivity contribution in [3.63, 3.8) is 0 Å². The summed E-state index contributed by atoms with van der Waals surface area (Å²) in [7, 11) is 0. The first kappa shape index (κ1) is 43.1. The molecule has 2 N–H and O–H groups in total. The molecule has 264 valence electrons. The molecule has 0 aliphatic heterocycles. The number of carbonyl (C=O) groups is 2. The number of hydrogen-bond acceptors (Lipinski definition) is 13. The summed E-state index contributed by atoms with van der Waals surface area (Å²) in [5, 5.41) is 11.2. The molecule has 0 unspecified atom stereocenters. The Kier molecular flexibility index (Phi) is 36.6. The number of amides is 1. The zero-order chi connectivity index (χ0) is 32.7. The van der Waals surface area contributed by atoms with Gasteiger partial charge in [-0.2, -0.15) is 0 Å². The van der Waals surface area contributed by atoms with E-state index in [4.69, 9.17) is 63.6 Å². The molecule has 0 aliphatic carbocycles. The number of ether oxygens (including phenoxy) is 11. The van der Waals surface area contributed by atoms with E-state index in [1.807, 2.05) is 0 Å². The Balaban J connectivity index is 3.08. The van der Waals surface area contributed by atoms with Crippen LogP contribution in [0, 0.1) is 12.3 Å². The number of hydrogen-bond donors (Lipinski definition) is 2. The van der Waals surface area contributed by atoms with E-state index in [0.29, 0.717) is 158 Å². The van der Waals surface area contributed by atoms with E-state index >= 15 is 0 Å². The normalized spacial score (nSPS) is 11.1. The highest BCUT2D eigenvalue weighted by Crippen LogP contribution is 1.90. The molecule has 0 spiro atoms. The summed E-state index contributed by atoms with van der Waals surface area (Å²) in [5.74, 6) is 1.14. The van der Waals surface area contributed by atoms with E-state index in [1.165, 1.54) is 0 Å². The highest BCUT2D eigenvalue weighted by Gasteiger charge is 2.04. The third-order valence-electron chi connectivity index (χ3n) is 5.26. The van der Waals surface area contributed by atoms with E-state index in [-0.39, 0.29) is 18.7 Å². The molecular weight excluding hydrogens is 598 g/mol. The maximum absolute atomic E-state index is 11.4. The van der Waals surface area contributed by atoms with Crippen molar-refractivity contribution >= 4 is 11.9 Å². The topological polar surface area (TPSA) is 168 Å². The van der Waals surface area contributed by atoms with E-state index in [1.54, 1.807) is 0 Å². The second-order valence-corrected chi connectivity index (χ2v) is 8.98. The summed E-state index contributed by atoms with van der Waals surface area (Å²) in [6.45, 7) is 10.9. The molecule has 0 aromatic heterocycles. The van der Waals surface area contributed by atoms with Gasteiger partial charge in [-0.1, -0.05) is 5.92 Å². The molecular formula is C30H55NO14. The van der Waals surface area contributed by atoms with Crippen molar-refractivity contribution in [2.24, 2.45) is 0 Å². The lowest BCUT2D eigenvalue weighted by atomic mass is 10.3. The summed E-state index contributed by atoms with van der Waals surface area (Å²) >= 11 is 0. The Hall–Kier alpha value is -1.94. The van der Waals surface area contributed by atoms with Gasteiger partial charge >= 0.3 is 5.97 Å². The fourth-order valence-corrected chi connectivity index (χ4v) is 3.04. The highest BCUT2D eigenvalue weighted by molar-refractivity contribution is 5.80. The van der Waals surface area contributed by atoms with Crippen LogP contribution in [-0.2, 0) is 61.7 Å². The lowest BCUT2D eigenvalue weighted by Gasteiger charge is -2.09. The van der Waals surface area contributed by atoms with Crippen molar-refractivity contribution in [3.05, 3.63) is 0 Å². The molecule has 0 rings (SSSR count). The smallest absolute Gasteiger partial charge is 0.303 e. The fourth-order valence-electron chi connectivity index (χ4n) is 3.04. The van der Waals surface area contributed by atoms with E-state index in [2.05, 4.69) is 11.2 Å². The van der Waals surface area contributed by atoms with E-state index in [0.717, 1.165) is 0 Å². The van der Waals surface area contributed by atoms with Crippen molar-refractivity contribution in [2.45, 2.75) is 19.3 Å². The Morgan fingerprint density at radius 1 is 0.467 bits per heavy atom. The Morgan fingerprint density at radius 3 is 1.04 bits per heavy atom. The first-order valence-electron chi connectivity index (χ1n) is 15.4. The number of carboxylic acid groups (broad SMARTS) is 1. The van der Waals surface area contributed by atoms with E-state index < -0.39 is 5.97 Å². The van der Waals surface area contributed by atoms with Crippen LogP contribution in [0.5, 0.6) is 0 Å². The zero-order valence-electron chi connectivity index (χ0n) is 26.7. The summed E-state index contributed by atoms with van der Waals surface area (Å²) in [4.78, 5) is 21.7. The van der Waals surface area contributed by atoms with Crippen LogP contribution in [0.15, 0.2) is 0 Å². The fraction of sp³-hybridized carbons (Fsp3) is 0.867. The first-order chi connectivity index (χ1) is 22.2. The molecule has 15 nitrogen and oxygen atoms in total. The molecule has 0 atom stereocenters. The van der Waals surface area contributed by atoms with Gasteiger partial charge in [-0.25, -0.2) is 0 Å². The van der Waals surface area contributed by atoms with Crippen LogP contribution in [0.3, 0.4) is 0 Å². The predicted molar refractivity (Wildman–Crippen MR) is 162 cm³/mol. The molecule has 0 radical (unpaired) electrons. The Bertz CT molecular complexity index is 680. The largest absolute Gasteiger partial charge is 0.481 e. The molecule has 0 aromatic carbocycles. The van der Waals surface area contributed by atoms with Gasteiger partial charge < -0.3 is 62.5 Å². The number of terminal acetylenes is 1. The molecule has 0 aromatic rings. The van der Waals surface area contributed by atoms with Gasteiger partial charge in [-0.3, -0.25) is 9.59 Å². The second kappa shape index (κ2) is 38.2. The number of carbonyl (C=O) groups excluding carboxylic acids is 1. The minimum absolute atomic E-state index is 0.0108. The van der Waals surface area contributed by atoms with Gasteiger partial charge in [-0.15, -0.1) is 6.42 Å². The average Bonchev–Trinajstić information content (AvgIpc) is 3.03. The van der Waals surface area contributed by atoms with Crippen molar-refractivity contribution < 1.29 is 66.8 Å². The summed E-state index contributed by atoms with van der Waals surface area (Å²) in [6, 6.07) is 0. The van der Waals surface area contributed by atoms with Crippen LogP contribution < -0.4 is 5.32 Å². The van der Waals surface area contributed by atoms with Crippen molar-refractivity contribution in [1.82, 2.24) is 5.32 Å². The Morgan fingerprint density at radius 2 is 0.756 bits per heavy atom. The average molecular weight is 654 g/mol. The monoisotopic (exact) mass is 653 g/mol. The van der Waals surface area contributed by atoms with E-state index in [9.17, 15) is 9.59 Å². The van der Waals surface area contributed by atoms with Crippen LogP contribution in [0.25, 0.3) is 0 Å². The summed E-state index contributed by atoms with van der Waals surface area (Å²) in [6.07, 6.45) is 5.55. The van der Waals surface area contributed by atoms with Gasteiger partial charge in [0, 0.05) is 19.6 Å². The summed E-state index contributed by atoms with van der Waals surface area (Å²) < 4.78 is 59.3. The van der Waals surface area contributed by atoms with Crippen molar-refractivity contribution in [2.75, 3.05) is 152 Å². The van der Waals surface area contributed by atoms with Crippen molar-refractivity contribution in [1.29, 1.82) is 0 Å². The van der Waals surface area contributed by atoms with Crippen LogP contribution >= 0.6 is 0 Å². The highest BCUT2D eigenvalue weighted by atomic mass is 16.6. The third kappa shape index (κ3) is 40.0. The minimum Gasteiger partial charge on any atom is -0.481 e. The SMILES string of the molecule is C#CCOCCOCCOCCOCCOCCOCCOCCOCCOCCOCCOCCCNC(=O)CCC(=O)O. The predicted octanol–water partition coefficient (Wildman–Crippen LogP) is 0.173. The number of aliphatic carboxylic acids is 1. The molecule has 0 fully saturated rings. The third-order valence-corrected chi connectivity index (χ3v) is 5.26. The molecule has 15 heteroatoms. The van der Waals surface area contributed by atoms with Crippen LogP contribution in [-0.4, -0.2) is 169 Å². The molecule has 0 aliphatic rings. The Labute approximate surface area is 267 Å². The molecule has 0 bridgehead atoms.